The van der Waals surface area contributed by atoms with Crippen LogP contribution in [0.5, 0.6) is 0 Å². The number of alkyl halides is 1. The first-order valence-corrected chi connectivity index (χ1v) is 6.35. The molecule has 0 N–H and O–H groups in total. The van der Waals surface area contributed by atoms with Gasteiger partial charge in [0.2, 0.25) is 0 Å². The van der Waals surface area contributed by atoms with Gasteiger partial charge in [-0.05, 0) is 43.9 Å². The van der Waals surface area contributed by atoms with Gasteiger partial charge in [0.25, 0.3) is 0 Å². The van der Waals surface area contributed by atoms with E-state index in [4.69, 9.17) is 4.74 Å². The largest absolute Gasteiger partial charge is 0.378 e. The number of hydrogen-bond acceptors (Lipinski definition) is 1. The van der Waals surface area contributed by atoms with Crippen LogP contribution in [0.2, 0.25) is 0 Å². The molecule has 1 aliphatic heterocycles. The molecular formula is C11H19BrO. The van der Waals surface area contributed by atoms with Gasteiger partial charge < -0.3 is 4.74 Å². The standard InChI is InChI=1S/C11H19BrO/c1-11(5-4-9(12)7-11)8-10-3-2-6-13-10/h9-10H,2-8H2,1H3. The van der Waals surface area contributed by atoms with Gasteiger partial charge in [-0.1, -0.05) is 22.9 Å². The van der Waals surface area contributed by atoms with Gasteiger partial charge in [-0.15, -0.1) is 0 Å². The zero-order chi connectivity index (χ0) is 9.31. The third-order valence-corrected chi connectivity index (χ3v) is 4.30. The van der Waals surface area contributed by atoms with Gasteiger partial charge in [-0.3, -0.25) is 0 Å². The fourth-order valence-electron chi connectivity index (χ4n) is 2.78. The molecule has 1 saturated heterocycles. The van der Waals surface area contributed by atoms with Crippen LogP contribution in [0, 0.1) is 5.41 Å². The molecular weight excluding hydrogens is 228 g/mol. The number of halogens is 1. The van der Waals surface area contributed by atoms with Crippen LogP contribution in [0.4, 0.5) is 0 Å². The van der Waals surface area contributed by atoms with Crippen LogP contribution in [0.3, 0.4) is 0 Å². The van der Waals surface area contributed by atoms with Crippen LogP contribution in [-0.4, -0.2) is 17.5 Å². The van der Waals surface area contributed by atoms with Gasteiger partial charge in [0.05, 0.1) is 6.10 Å². The van der Waals surface area contributed by atoms with E-state index < -0.39 is 0 Å². The fourth-order valence-corrected chi connectivity index (χ4v) is 3.79. The third-order valence-electron chi connectivity index (χ3n) is 3.52. The molecule has 3 atom stereocenters. The first kappa shape index (κ1) is 9.97. The van der Waals surface area contributed by atoms with Crippen molar-refractivity contribution in [3.8, 4) is 0 Å². The molecule has 0 aromatic rings. The van der Waals surface area contributed by atoms with E-state index in [0.717, 1.165) is 11.4 Å². The molecule has 0 aromatic heterocycles. The first-order chi connectivity index (χ1) is 6.18. The monoisotopic (exact) mass is 246 g/mol. The topological polar surface area (TPSA) is 9.23 Å². The predicted octanol–water partition coefficient (Wildman–Crippen LogP) is 3.51. The Morgan fingerprint density at radius 2 is 2.31 bits per heavy atom. The van der Waals surface area contributed by atoms with E-state index in [2.05, 4.69) is 22.9 Å². The molecule has 1 nitrogen and oxygen atoms in total. The number of rotatable bonds is 2. The van der Waals surface area contributed by atoms with Crippen LogP contribution < -0.4 is 0 Å². The average molecular weight is 247 g/mol. The molecule has 1 aliphatic carbocycles. The van der Waals surface area contributed by atoms with Crippen molar-refractivity contribution in [2.75, 3.05) is 6.61 Å². The van der Waals surface area contributed by atoms with Gasteiger partial charge in [-0.2, -0.15) is 0 Å². The minimum atomic E-state index is 0.559. The lowest BCUT2D eigenvalue weighted by Crippen LogP contribution is -2.20. The Morgan fingerprint density at radius 1 is 1.46 bits per heavy atom. The molecule has 0 aromatic carbocycles. The summed E-state index contributed by atoms with van der Waals surface area (Å²) >= 11 is 3.72. The molecule has 13 heavy (non-hydrogen) atoms. The van der Waals surface area contributed by atoms with Gasteiger partial charge in [-0.25, -0.2) is 0 Å². The molecule has 0 amide bonds. The van der Waals surface area contributed by atoms with Crippen LogP contribution in [0.15, 0.2) is 0 Å². The van der Waals surface area contributed by atoms with E-state index in [9.17, 15) is 0 Å². The summed E-state index contributed by atoms with van der Waals surface area (Å²) < 4.78 is 5.70. The van der Waals surface area contributed by atoms with E-state index in [-0.39, 0.29) is 0 Å². The van der Waals surface area contributed by atoms with Crippen molar-refractivity contribution >= 4 is 15.9 Å². The van der Waals surface area contributed by atoms with Gasteiger partial charge >= 0.3 is 0 Å². The summed E-state index contributed by atoms with van der Waals surface area (Å²) in [5.41, 5.74) is 0.559. The highest BCUT2D eigenvalue weighted by Crippen LogP contribution is 2.45. The lowest BCUT2D eigenvalue weighted by atomic mass is 9.82. The zero-order valence-electron chi connectivity index (χ0n) is 8.39. The van der Waals surface area contributed by atoms with Crippen LogP contribution in [0.1, 0.15) is 45.4 Å². The Morgan fingerprint density at radius 3 is 2.85 bits per heavy atom. The van der Waals surface area contributed by atoms with Gasteiger partial charge in [0, 0.05) is 11.4 Å². The number of ether oxygens (including phenoxy) is 1. The third kappa shape index (κ3) is 2.47. The van der Waals surface area contributed by atoms with E-state index in [1.54, 1.807) is 0 Å². The Hall–Kier alpha value is 0.440. The van der Waals surface area contributed by atoms with Crippen LogP contribution in [-0.2, 0) is 4.74 Å². The smallest absolute Gasteiger partial charge is 0.0581 e. The summed E-state index contributed by atoms with van der Waals surface area (Å²) in [5.74, 6) is 0. The number of hydrogen-bond donors (Lipinski definition) is 0. The van der Waals surface area contributed by atoms with E-state index in [0.29, 0.717) is 11.5 Å². The summed E-state index contributed by atoms with van der Waals surface area (Å²) in [4.78, 5) is 0.763. The summed E-state index contributed by atoms with van der Waals surface area (Å²) in [6, 6.07) is 0. The highest BCUT2D eigenvalue weighted by Gasteiger charge is 2.36. The molecule has 2 fully saturated rings. The lowest BCUT2D eigenvalue weighted by molar-refractivity contribution is 0.0682. The van der Waals surface area contributed by atoms with Crippen molar-refractivity contribution in [2.45, 2.75) is 56.4 Å². The summed E-state index contributed by atoms with van der Waals surface area (Å²) in [5, 5.41) is 0. The summed E-state index contributed by atoms with van der Waals surface area (Å²) in [6.07, 6.45) is 8.50. The Balaban J connectivity index is 1.85. The quantitative estimate of drug-likeness (QED) is 0.678. The molecule has 3 unspecified atom stereocenters. The molecule has 0 bridgehead atoms. The van der Waals surface area contributed by atoms with E-state index in [1.807, 2.05) is 0 Å². The fraction of sp³-hybridized carbons (Fsp3) is 1.00. The van der Waals surface area contributed by atoms with E-state index >= 15 is 0 Å². The molecule has 76 valence electrons. The van der Waals surface area contributed by atoms with Crippen LogP contribution >= 0.6 is 15.9 Å². The van der Waals surface area contributed by atoms with Crippen molar-refractivity contribution in [2.24, 2.45) is 5.41 Å². The van der Waals surface area contributed by atoms with Crippen molar-refractivity contribution in [3.05, 3.63) is 0 Å². The predicted molar refractivity (Wildman–Crippen MR) is 58.3 cm³/mol. The average Bonchev–Trinajstić information content (AvgIpc) is 2.62. The zero-order valence-corrected chi connectivity index (χ0v) is 9.98. The SMILES string of the molecule is CC1(CC2CCCO2)CCC(Br)C1. The molecule has 2 aliphatic rings. The molecule has 0 radical (unpaired) electrons. The van der Waals surface area contributed by atoms with Crippen molar-refractivity contribution in [1.29, 1.82) is 0 Å². The molecule has 1 saturated carbocycles. The van der Waals surface area contributed by atoms with Crippen molar-refractivity contribution in [1.82, 2.24) is 0 Å². The molecule has 1 heterocycles. The second-order valence-corrected chi connectivity index (χ2v) is 6.28. The van der Waals surface area contributed by atoms with Crippen molar-refractivity contribution < 1.29 is 4.74 Å². The van der Waals surface area contributed by atoms with Gasteiger partial charge in [0.1, 0.15) is 0 Å². The minimum Gasteiger partial charge on any atom is -0.378 e. The first-order valence-electron chi connectivity index (χ1n) is 5.44. The Bertz CT molecular complexity index is 177. The van der Waals surface area contributed by atoms with E-state index in [1.165, 1.54) is 38.5 Å². The maximum Gasteiger partial charge on any atom is 0.0581 e. The van der Waals surface area contributed by atoms with Crippen LogP contribution in [0.25, 0.3) is 0 Å². The van der Waals surface area contributed by atoms with Crippen molar-refractivity contribution in [3.63, 3.8) is 0 Å². The highest BCUT2D eigenvalue weighted by atomic mass is 79.9. The van der Waals surface area contributed by atoms with Gasteiger partial charge in [0.15, 0.2) is 0 Å². The lowest BCUT2D eigenvalue weighted by Gasteiger charge is -2.26. The highest BCUT2D eigenvalue weighted by molar-refractivity contribution is 9.09. The second-order valence-electron chi connectivity index (χ2n) is 4.99. The maximum absolute atomic E-state index is 5.70. The normalized spacial score (nSPS) is 45.7. The Labute approximate surface area is 89.4 Å². The molecule has 2 rings (SSSR count). The maximum atomic E-state index is 5.70. The minimum absolute atomic E-state index is 0.559. The summed E-state index contributed by atoms with van der Waals surface area (Å²) in [6.45, 7) is 3.43. The Kier molecular flexibility index (Phi) is 2.99. The molecule has 0 spiro atoms. The molecule has 2 heteroatoms. The summed E-state index contributed by atoms with van der Waals surface area (Å²) in [7, 11) is 0. The second kappa shape index (κ2) is 3.90.